The van der Waals surface area contributed by atoms with E-state index < -0.39 is 0 Å². The first-order valence-electron chi connectivity index (χ1n) is 7.30. The summed E-state index contributed by atoms with van der Waals surface area (Å²) >= 11 is 6.13. The summed E-state index contributed by atoms with van der Waals surface area (Å²) in [4.78, 5) is 10.6. The summed E-state index contributed by atoms with van der Waals surface area (Å²) in [6.07, 6.45) is 3.73. The average molecular weight is 311 g/mol. The molecule has 2 heterocycles. The largest absolute Gasteiger partial charge is 0.370 e. The van der Waals surface area contributed by atoms with Gasteiger partial charge in [-0.25, -0.2) is 0 Å². The van der Waals surface area contributed by atoms with Crippen LogP contribution in [-0.4, -0.2) is 50.7 Å². The molecule has 0 saturated heterocycles. The number of rotatable bonds is 7. The summed E-state index contributed by atoms with van der Waals surface area (Å²) in [5.74, 6) is 1.40. The van der Waals surface area contributed by atoms with Crippen LogP contribution < -0.4 is 5.32 Å². The third-order valence-corrected chi connectivity index (χ3v) is 4.08. The summed E-state index contributed by atoms with van der Waals surface area (Å²) in [7, 11) is 2.16. The fraction of sp³-hybridized carbons (Fsp3) is 0.643. The third-order valence-electron chi connectivity index (χ3n) is 3.72. The van der Waals surface area contributed by atoms with Gasteiger partial charge in [-0.15, -0.1) is 0 Å². The van der Waals surface area contributed by atoms with Crippen LogP contribution in [-0.2, 0) is 0 Å². The molecule has 2 aromatic heterocycles. The Kier molecular flexibility index (Phi) is 5.36. The lowest BCUT2D eigenvalue weighted by Gasteiger charge is -2.20. The molecule has 0 saturated carbocycles. The SMILES string of the molecule is Cc1c(Cl)nc2ncnn2c1NCCCCN(C)C(C)C. The van der Waals surface area contributed by atoms with Crippen molar-refractivity contribution in [1.29, 1.82) is 0 Å². The second-order valence-electron chi connectivity index (χ2n) is 5.56. The molecule has 0 spiro atoms. The number of hydrogen-bond donors (Lipinski definition) is 1. The molecule has 0 aliphatic rings. The lowest BCUT2D eigenvalue weighted by atomic mass is 10.2. The zero-order valence-corrected chi connectivity index (χ0v) is 13.9. The zero-order chi connectivity index (χ0) is 15.4. The molecule has 116 valence electrons. The highest BCUT2D eigenvalue weighted by atomic mass is 35.5. The van der Waals surface area contributed by atoms with E-state index in [1.54, 1.807) is 4.52 Å². The molecule has 0 aliphatic heterocycles. The summed E-state index contributed by atoms with van der Waals surface area (Å²) in [5.41, 5.74) is 0.897. The van der Waals surface area contributed by atoms with Crippen LogP contribution in [0.15, 0.2) is 6.33 Å². The van der Waals surface area contributed by atoms with Crippen molar-refractivity contribution in [3.05, 3.63) is 17.0 Å². The van der Waals surface area contributed by atoms with Gasteiger partial charge in [-0.2, -0.15) is 19.6 Å². The highest BCUT2D eigenvalue weighted by Gasteiger charge is 2.11. The van der Waals surface area contributed by atoms with Gasteiger partial charge in [0, 0.05) is 18.2 Å². The standard InChI is InChI=1S/C14H23ClN6/c1-10(2)20(4)8-6-5-7-16-13-11(3)12(15)19-14-17-9-18-21(13)14/h9-10,16H,5-8H2,1-4H3. The van der Waals surface area contributed by atoms with Crippen molar-refractivity contribution in [2.75, 3.05) is 25.5 Å². The normalized spacial score (nSPS) is 11.8. The highest BCUT2D eigenvalue weighted by Crippen LogP contribution is 2.21. The summed E-state index contributed by atoms with van der Waals surface area (Å²) in [5, 5.41) is 8.06. The van der Waals surface area contributed by atoms with E-state index in [-0.39, 0.29) is 0 Å². The minimum atomic E-state index is 0.470. The average Bonchev–Trinajstić information content (AvgIpc) is 2.89. The van der Waals surface area contributed by atoms with Crippen LogP contribution in [0.2, 0.25) is 5.15 Å². The van der Waals surface area contributed by atoms with Crippen LogP contribution >= 0.6 is 11.6 Å². The fourth-order valence-corrected chi connectivity index (χ4v) is 2.22. The van der Waals surface area contributed by atoms with Crippen LogP contribution in [0, 0.1) is 6.92 Å². The first kappa shape index (κ1) is 16.0. The Labute approximate surface area is 130 Å². The van der Waals surface area contributed by atoms with Crippen molar-refractivity contribution in [2.24, 2.45) is 0 Å². The van der Waals surface area contributed by atoms with Gasteiger partial charge in [0.1, 0.15) is 17.3 Å². The number of fused-ring (bicyclic) bond motifs is 1. The molecular formula is C14H23ClN6. The zero-order valence-electron chi connectivity index (χ0n) is 13.1. The van der Waals surface area contributed by atoms with E-state index in [4.69, 9.17) is 11.6 Å². The molecule has 0 aromatic carbocycles. The van der Waals surface area contributed by atoms with Crippen LogP contribution in [0.3, 0.4) is 0 Å². The molecular weight excluding hydrogens is 288 g/mol. The third kappa shape index (κ3) is 3.83. The van der Waals surface area contributed by atoms with Gasteiger partial charge in [0.2, 0.25) is 0 Å². The van der Waals surface area contributed by atoms with Gasteiger partial charge >= 0.3 is 0 Å². The molecule has 2 rings (SSSR count). The van der Waals surface area contributed by atoms with E-state index in [1.165, 1.54) is 6.33 Å². The van der Waals surface area contributed by atoms with Crippen molar-refractivity contribution in [3.63, 3.8) is 0 Å². The van der Waals surface area contributed by atoms with Crippen molar-refractivity contribution < 1.29 is 0 Å². The smallest absolute Gasteiger partial charge is 0.255 e. The molecule has 0 bridgehead atoms. The number of aromatic nitrogens is 4. The maximum Gasteiger partial charge on any atom is 0.255 e. The topological polar surface area (TPSA) is 58.4 Å². The van der Waals surface area contributed by atoms with Gasteiger partial charge in [-0.3, -0.25) is 0 Å². The monoisotopic (exact) mass is 310 g/mol. The number of hydrogen-bond acceptors (Lipinski definition) is 5. The molecule has 7 heteroatoms. The number of nitrogens with zero attached hydrogens (tertiary/aromatic N) is 5. The Bertz CT molecular complexity index is 594. The first-order valence-corrected chi connectivity index (χ1v) is 7.68. The first-order chi connectivity index (χ1) is 10.0. The predicted octanol–water partition coefficient (Wildman–Crippen LogP) is 2.62. The maximum atomic E-state index is 6.13. The maximum absolute atomic E-state index is 6.13. The van der Waals surface area contributed by atoms with Crippen molar-refractivity contribution in [1.82, 2.24) is 24.5 Å². The Morgan fingerprint density at radius 3 is 2.86 bits per heavy atom. The van der Waals surface area contributed by atoms with E-state index in [0.29, 0.717) is 17.0 Å². The van der Waals surface area contributed by atoms with Crippen molar-refractivity contribution in [3.8, 4) is 0 Å². The lowest BCUT2D eigenvalue weighted by molar-refractivity contribution is 0.269. The van der Waals surface area contributed by atoms with Gasteiger partial charge in [-0.1, -0.05) is 11.6 Å². The van der Waals surface area contributed by atoms with E-state index in [1.807, 2.05) is 6.92 Å². The van der Waals surface area contributed by atoms with E-state index in [0.717, 1.165) is 37.3 Å². The number of anilines is 1. The molecule has 0 amide bonds. The molecule has 0 atom stereocenters. The molecule has 0 aliphatic carbocycles. The summed E-state index contributed by atoms with van der Waals surface area (Å²) < 4.78 is 1.70. The minimum Gasteiger partial charge on any atom is -0.370 e. The second kappa shape index (κ2) is 7.04. The summed E-state index contributed by atoms with van der Waals surface area (Å²) in [6.45, 7) is 8.34. The van der Waals surface area contributed by atoms with Gasteiger partial charge in [0.25, 0.3) is 5.78 Å². The molecule has 6 nitrogen and oxygen atoms in total. The molecule has 0 fully saturated rings. The number of unbranched alkanes of at least 4 members (excludes halogenated alkanes) is 1. The fourth-order valence-electron chi connectivity index (χ4n) is 2.06. The van der Waals surface area contributed by atoms with Crippen LogP contribution in [0.4, 0.5) is 5.82 Å². The van der Waals surface area contributed by atoms with Gasteiger partial charge < -0.3 is 10.2 Å². The predicted molar refractivity (Wildman–Crippen MR) is 86.0 cm³/mol. The minimum absolute atomic E-state index is 0.470. The second-order valence-corrected chi connectivity index (χ2v) is 5.91. The Balaban J connectivity index is 1.92. The van der Waals surface area contributed by atoms with E-state index >= 15 is 0 Å². The van der Waals surface area contributed by atoms with E-state index in [9.17, 15) is 0 Å². The van der Waals surface area contributed by atoms with Crippen molar-refractivity contribution >= 4 is 23.2 Å². The number of nitrogens with one attached hydrogen (secondary N) is 1. The molecule has 0 unspecified atom stereocenters. The summed E-state index contributed by atoms with van der Waals surface area (Å²) in [6, 6.07) is 0.592. The quantitative estimate of drug-likeness (QED) is 0.629. The van der Waals surface area contributed by atoms with Gasteiger partial charge in [0.05, 0.1) is 0 Å². The van der Waals surface area contributed by atoms with E-state index in [2.05, 4.69) is 46.2 Å². The molecule has 2 aromatic rings. The Morgan fingerprint density at radius 1 is 1.38 bits per heavy atom. The van der Waals surface area contributed by atoms with Gasteiger partial charge in [0.15, 0.2) is 0 Å². The molecule has 0 radical (unpaired) electrons. The van der Waals surface area contributed by atoms with Crippen LogP contribution in [0.1, 0.15) is 32.3 Å². The number of halogens is 1. The molecule has 1 N–H and O–H groups in total. The lowest BCUT2D eigenvalue weighted by Crippen LogP contribution is -2.27. The Morgan fingerprint density at radius 2 is 2.14 bits per heavy atom. The van der Waals surface area contributed by atoms with Crippen LogP contribution in [0.25, 0.3) is 5.78 Å². The Hall–Kier alpha value is -1.40. The molecule has 21 heavy (non-hydrogen) atoms. The van der Waals surface area contributed by atoms with Crippen molar-refractivity contribution in [2.45, 2.75) is 39.7 Å². The van der Waals surface area contributed by atoms with Gasteiger partial charge in [-0.05, 0) is 47.2 Å². The van der Waals surface area contributed by atoms with Crippen LogP contribution in [0.5, 0.6) is 0 Å². The highest BCUT2D eigenvalue weighted by molar-refractivity contribution is 6.30.